The molecule has 24 nitrogen and oxygen atoms in total. The van der Waals surface area contributed by atoms with Crippen LogP contribution in [-0.2, 0) is 61.2 Å². The normalized spacial score (nSPS) is 28.1. The van der Waals surface area contributed by atoms with Gasteiger partial charge in [-0.1, -0.05) is 258 Å². The fourth-order valence-corrected chi connectivity index (χ4v) is 13.5. The van der Waals surface area contributed by atoms with E-state index in [1.54, 1.807) is 0 Å². The minimum Gasteiger partial charge on any atom is -0.463 e. The van der Waals surface area contributed by atoms with Crippen LogP contribution in [0.2, 0.25) is 0 Å². The number of phosphoric ester groups is 1. The molecule has 1 aliphatic carbocycles. The first-order chi connectivity index (χ1) is 45.8. The molecule has 3 aliphatic rings. The lowest BCUT2D eigenvalue weighted by molar-refractivity contribution is -0.360. The lowest BCUT2D eigenvalue weighted by atomic mass is 9.84. The Hall–Kier alpha value is -2.04. The number of aliphatic hydroxyl groups excluding tert-OH is 10. The molecule has 18 unspecified atom stereocenters. The van der Waals surface area contributed by atoms with Gasteiger partial charge < -0.3 is 89.1 Å². The second-order valence-corrected chi connectivity index (χ2v) is 28.4. The predicted molar refractivity (Wildman–Crippen MR) is 356 cm³/mol. The second kappa shape index (κ2) is 52.9. The molecule has 11 N–H and O–H groups in total. The smallest absolute Gasteiger partial charge is 0.463 e. The van der Waals surface area contributed by atoms with Gasteiger partial charge in [-0.2, -0.15) is 0 Å². The maximum Gasteiger partial charge on any atom is 0.472 e. The van der Waals surface area contributed by atoms with E-state index >= 15 is 0 Å². The molecule has 560 valence electrons. The Balaban J connectivity index is 1.73. The molecule has 18 atom stereocenters. The summed E-state index contributed by atoms with van der Waals surface area (Å²) < 4.78 is 64.9. The number of aliphatic hydroxyl groups is 10. The zero-order valence-electron chi connectivity index (χ0n) is 58.2. The number of hydrogen-bond donors (Lipinski definition) is 11. The van der Waals surface area contributed by atoms with Gasteiger partial charge in [0.2, 0.25) is 0 Å². The lowest BCUT2D eigenvalue weighted by Gasteiger charge is -2.49. The van der Waals surface area contributed by atoms with Gasteiger partial charge >= 0.3 is 25.7 Å². The van der Waals surface area contributed by atoms with Crippen LogP contribution in [0.1, 0.15) is 297 Å². The van der Waals surface area contributed by atoms with Crippen LogP contribution in [-0.4, -0.2) is 204 Å². The van der Waals surface area contributed by atoms with Gasteiger partial charge in [0.25, 0.3) is 0 Å². The van der Waals surface area contributed by atoms with E-state index in [0.29, 0.717) is 19.3 Å². The molecule has 0 amide bonds. The van der Waals surface area contributed by atoms with E-state index in [0.717, 1.165) is 96.3 Å². The Morgan fingerprint density at radius 2 is 0.674 bits per heavy atom. The summed E-state index contributed by atoms with van der Waals surface area (Å²) in [7, 11) is -5.69. The molecule has 0 aromatic rings. The van der Waals surface area contributed by atoms with Crippen LogP contribution in [0.4, 0.5) is 0 Å². The van der Waals surface area contributed by atoms with Crippen LogP contribution in [0, 0.1) is 0 Å². The van der Waals surface area contributed by atoms with Crippen LogP contribution in [0.5, 0.6) is 0 Å². The van der Waals surface area contributed by atoms with E-state index in [4.69, 9.17) is 42.2 Å². The monoisotopic (exact) mass is 1390 g/mol. The zero-order valence-corrected chi connectivity index (χ0v) is 59.1. The number of hydrogen-bond acceptors (Lipinski definition) is 23. The van der Waals surface area contributed by atoms with E-state index in [9.17, 15) is 74.9 Å². The molecule has 2 saturated heterocycles. The number of esters is 3. The van der Waals surface area contributed by atoms with Gasteiger partial charge in [0.1, 0.15) is 98.7 Å². The fourth-order valence-electron chi connectivity index (χ4n) is 12.5. The van der Waals surface area contributed by atoms with Gasteiger partial charge in [-0.3, -0.25) is 23.4 Å². The number of carbonyl (C=O) groups is 3. The molecule has 0 spiro atoms. The largest absolute Gasteiger partial charge is 0.472 e. The molecule has 2 heterocycles. The summed E-state index contributed by atoms with van der Waals surface area (Å²) in [4.78, 5) is 50.9. The van der Waals surface area contributed by atoms with Gasteiger partial charge in [-0.15, -0.1) is 0 Å². The molecular weight excluding hydrogens is 1260 g/mol. The molecule has 25 heteroatoms. The summed E-state index contributed by atoms with van der Waals surface area (Å²) in [6.45, 7) is 3.45. The third kappa shape index (κ3) is 36.4. The van der Waals surface area contributed by atoms with E-state index in [-0.39, 0.29) is 19.3 Å². The average Bonchev–Trinajstić information content (AvgIpc) is 0.764. The van der Waals surface area contributed by atoms with E-state index in [2.05, 4.69) is 20.8 Å². The maximum atomic E-state index is 14.3. The summed E-state index contributed by atoms with van der Waals surface area (Å²) in [5.41, 5.74) is 0. The first-order valence-electron chi connectivity index (χ1n) is 37.3. The van der Waals surface area contributed by atoms with Crippen LogP contribution in [0.25, 0.3) is 0 Å². The van der Waals surface area contributed by atoms with Crippen molar-refractivity contribution in [3.05, 3.63) is 0 Å². The molecular formula is C70H131O24P. The summed E-state index contributed by atoms with van der Waals surface area (Å²) >= 11 is 0. The van der Waals surface area contributed by atoms with Crippen LogP contribution in [0.15, 0.2) is 0 Å². The van der Waals surface area contributed by atoms with Crippen molar-refractivity contribution >= 4 is 25.7 Å². The minimum atomic E-state index is -5.69. The topological polar surface area (TPSA) is 374 Å². The summed E-state index contributed by atoms with van der Waals surface area (Å²) in [6, 6.07) is 0. The minimum absolute atomic E-state index is 0.0339. The Kier molecular flexibility index (Phi) is 48.5. The maximum absolute atomic E-state index is 14.3. The molecule has 0 radical (unpaired) electrons. The lowest BCUT2D eigenvalue weighted by Crippen LogP contribution is -2.69. The third-order valence-corrected chi connectivity index (χ3v) is 19.6. The Morgan fingerprint density at radius 1 is 0.368 bits per heavy atom. The van der Waals surface area contributed by atoms with E-state index in [1.807, 2.05) is 0 Å². The van der Waals surface area contributed by atoms with Gasteiger partial charge in [-0.05, 0) is 19.3 Å². The molecule has 1 saturated carbocycles. The first-order valence-corrected chi connectivity index (χ1v) is 38.8. The third-order valence-electron chi connectivity index (χ3n) is 18.6. The van der Waals surface area contributed by atoms with Crippen molar-refractivity contribution in [2.45, 2.75) is 401 Å². The quantitative estimate of drug-likeness (QED) is 0.0117. The highest BCUT2D eigenvalue weighted by Crippen LogP contribution is 2.49. The van der Waals surface area contributed by atoms with E-state index < -0.39 is 156 Å². The second-order valence-electron chi connectivity index (χ2n) is 27.0. The van der Waals surface area contributed by atoms with Gasteiger partial charge in [0, 0.05) is 19.3 Å². The highest BCUT2D eigenvalue weighted by Gasteiger charge is 2.58. The van der Waals surface area contributed by atoms with Crippen molar-refractivity contribution < 1.29 is 117 Å². The van der Waals surface area contributed by atoms with Gasteiger partial charge in [-0.25, -0.2) is 4.57 Å². The van der Waals surface area contributed by atoms with Crippen molar-refractivity contribution in [3.8, 4) is 0 Å². The number of phosphoric acid groups is 1. The number of ether oxygens (including phenoxy) is 7. The van der Waals surface area contributed by atoms with Crippen LogP contribution in [0.3, 0.4) is 0 Å². The molecule has 95 heavy (non-hydrogen) atoms. The van der Waals surface area contributed by atoms with Crippen molar-refractivity contribution in [3.63, 3.8) is 0 Å². The van der Waals surface area contributed by atoms with Crippen LogP contribution >= 0.6 is 7.82 Å². The van der Waals surface area contributed by atoms with Crippen molar-refractivity contribution in [2.24, 2.45) is 0 Å². The molecule has 3 fully saturated rings. The first kappa shape index (κ1) is 87.2. The summed E-state index contributed by atoms with van der Waals surface area (Å²) in [5.74, 6) is -1.98. The van der Waals surface area contributed by atoms with Crippen molar-refractivity contribution in [2.75, 3.05) is 26.4 Å². The van der Waals surface area contributed by atoms with Crippen molar-refractivity contribution in [1.82, 2.24) is 0 Å². The number of rotatable bonds is 58. The van der Waals surface area contributed by atoms with Crippen LogP contribution < -0.4 is 0 Å². The fraction of sp³-hybridized carbons (Fsp3) is 0.957. The van der Waals surface area contributed by atoms with Gasteiger partial charge in [0.05, 0.1) is 13.2 Å². The standard InChI is InChI=1S/C70H131O24P/c1-4-7-10-13-16-19-22-25-26-27-28-31-33-36-39-42-45-55(73)87-50-53-58(76)60(78)65(83)70(91-53)93-67-63(81)61(79)62(80)66(92-69-64(82)59(77)57(75)52(47-71)90-69)68(67)94-95(84,85)88-49-51(89-56(74)46-43-40-37-34-30-24-21-18-15-12-9-6-3)48-86-54(72)44-41-38-35-32-29-23-20-17-14-11-8-5-2/h51-53,57-71,75-83H,4-50H2,1-3H3,(H,84,85). The Morgan fingerprint density at radius 3 is 1.03 bits per heavy atom. The molecule has 0 aromatic carbocycles. The highest BCUT2D eigenvalue weighted by atomic mass is 31.2. The molecule has 0 aromatic heterocycles. The molecule has 0 bridgehead atoms. The number of unbranched alkanes of at least 4 members (excludes halogenated alkanes) is 37. The number of carbonyl (C=O) groups excluding carboxylic acids is 3. The van der Waals surface area contributed by atoms with E-state index in [1.165, 1.54) is 141 Å². The Labute approximate surface area is 568 Å². The predicted octanol–water partition coefficient (Wildman–Crippen LogP) is 9.79. The van der Waals surface area contributed by atoms with Gasteiger partial charge in [0.15, 0.2) is 18.7 Å². The SMILES string of the molecule is CCCCCCCCCCCCCCCCCCC(=O)OCC1OC(OC2C(O)C(O)C(O)C(OC3OC(CO)C(O)C(O)C3O)C2OP(=O)(O)OCC(COC(=O)CCCCCCCCCCCCCC)OC(=O)CCCCCCCCCCCCCC)C(O)C(O)C1O. The molecule has 2 aliphatic heterocycles. The highest BCUT2D eigenvalue weighted by molar-refractivity contribution is 7.47. The summed E-state index contributed by atoms with van der Waals surface area (Å²) in [5, 5.41) is 110. The van der Waals surface area contributed by atoms with Crippen molar-refractivity contribution in [1.29, 1.82) is 0 Å². The summed E-state index contributed by atoms with van der Waals surface area (Å²) in [6.07, 6.45) is 8.96. The zero-order chi connectivity index (χ0) is 69.6. The Bertz CT molecular complexity index is 1980. The average molecular weight is 1390 g/mol. The molecule has 3 rings (SSSR count).